The first kappa shape index (κ1) is 22.3. The molecule has 0 aliphatic heterocycles. The molecule has 0 aliphatic rings. The fourth-order valence-electron chi connectivity index (χ4n) is 4.03. The standard InChI is InChI=1S/C27H26FN3O2/c1-3-31(22-7-5-4-6-8-22)27(33)15-19-9-12-21(13-10-19)30-26(32)17-23-18(2)29-25-14-11-20(28)16-24(23)25/h4-14,16,29H,3,15,17H2,1-2H3,(H,30,32). The average molecular weight is 444 g/mol. The van der Waals surface area contributed by atoms with Crippen molar-refractivity contribution in [1.82, 2.24) is 4.98 Å². The number of aryl methyl sites for hydroxylation is 1. The highest BCUT2D eigenvalue weighted by Gasteiger charge is 2.15. The van der Waals surface area contributed by atoms with Crippen molar-refractivity contribution in [3.05, 3.63) is 95.4 Å². The van der Waals surface area contributed by atoms with Crippen LogP contribution in [0.25, 0.3) is 10.9 Å². The minimum Gasteiger partial charge on any atom is -0.358 e. The Morgan fingerprint density at radius 1 is 0.970 bits per heavy atom. The molecule has 0 saturated heterocycles. The highest BCUT2D eigenvalue weighted by atomic mass is 19.1. The molecule has 2 amide bonds. The molecule has 4 aromatic rings. The quantitative estimate of drug-likeness (QED) is 0.402. The van der Waals surface area contributed by atoms with E-state index in [1.54, 1.807) is 23.1 Å². The molecule has 0 spiro atoms. The van der Waals surface area contributed by atoms with Crippen molar-refractivity contribution >= 4 is 34.1 Å². The number of fused-ring (bicyclic) bond motifs is 1. The highest BCUT2D eigenvalue weighted by molar-refractivity contribution is 5.97. The first-order valence-electron chi connectivity index (χ1n) is 11.0. The molecule has 0 aliphatic carbocycles. The largest absolute Gasteiger partial charge is 0.358 e. The molecule has 4 rings (SSSR count). The van der Waals surface area contributed by atoms with E-state index < -0.39 is 0 Å². The zero-order chi connectivity index (χ0) is 23.4. The number of carbonyl (C=O) groups is 2. The topological polar surface area (TPSA) is 65.2 Å². The van der Waals surface area contributed by atoms with Crippen molar-refractivity contribution in [3.8, 4) is 0 Å². The number of rotatable bonds is 7. The second-order valence-corrected chi connectivity index (χ2v) is 7.99. The van der Waals surface area contributed by atoms with Crippen LogP contribution < -0.4 is 10.2 Å². The molecule has 1 aromatic heterocycles. The molecule has 6 heteroatoms. The smallest absolute Gasteiger partial charge is 0.231 e. The van der Waals surface area contributed by atoms with Crippen molar-refractivity contribution < 1.29 is 14.0 Å². The van der Waals surface area contributed by atoms with Gasteiger partial charge in [0.1, 0.15) is 5.82 Å². The van der Waals surface area contributed by atoms with E-state index in [0.29, 0.717) is 12.2 Å². The summed E-state index contributed by atoms with van der Waals surface area (Å²) >= 11 is 0. The van der Waals surface area contributed by atoms with Gasteiger partial charge >= 0.3 is 0 Å². The van der Waals surface area contributed by atoms with Gasteiger partial charge in [-0.1, -0.05) is 30.3 Å². The third-order valence-corrected chi connectivity index (χ3v) is 5.70. The maximum Gasteiger partial charge on any atom is 0.231 e. The van der Waals surface area contributed by atoms with Crippen LogP contribution in [-0.4, -0.2) is 23.3 Å². The summed E-state index contributed by atoms with van der Waals surface area (Å²) in [6.07, 6.45) is 0.412. The minimum atomic E-state index is -0.331. The summed E-state index contributed by atoms with van der Waals surface area (Å²) in [6.45, 7) is 4.42. The molecule has 0 unspecified atom stereocenters. The predicted molar refractivity (Wildman–Crippen MR) is 130 cm³/mol. The molecule has 0 fully saturated rings. The van der Waals surface area contributed by atoms with Gasteiger partial charge in [0.15, 0.2) is 0 Å². The number of para-hydroxylation sites is 1. The fraction of sp³-hybridized carbons (Fsp3) is 0.185. The van der Waals surface area contributed by atoms with Crippen LogP contribution in [-0.2, 0) is 22.4 Å². The van der Waals surface area contributed by atoms with Crippen molar-refractivity contribution in [2.45, 2.75) is 26.7 Å². The summed E-state index contributed by atoms with van der Waals surface area (Å²) in [6, 6.07) is 21.4. The minimum absolute atomic E-state index is 0.0162. The molecule has 0 radical (unpaired) electrons. The molecule has 0 saturated carbocycles. The third-order valence-electron chi connectivity index (χ3n) is 5.70. The molecule has 168 valence electrons. The lowest BCUT2D eigenvalue weighted by Crippen LogP contribution is -2.31. The normalized spacial score (nSPS) is 10.9. The van der Waals surface area contributed by atoms with Crippen molar-refractivity contribution in [3.63, 3.8) is 0 Å². The monoisotopic (exact) mass is 443 g/mol. The Bertz CT molecular complexity index is 1280. The molecule has 0 bridgehead atoms. The molecular formula is C27H26FN3O2. The number of nitrogens with zero attached hydrogens (tertiary/aromatic N) is 1. The van der Waals surface area contributed by atoms with E-state index in [4.69, 9.17) is 0 Å². The number of halogens is 1. The summed E-state index contributed by atoms with van der Waals surface area (Å²) < 4.78 is 13.7. The average Bonchev–Trinajstić information content (AvgIpc) is 3.10. The molecule has 3 aromatic carbocycles. The first-order chi connectivity index (χ1) is 15.9. The summed E-state index contributed by atoms with van der Waals surface area (Å²) in [5.74, 6) is -0.502. The lowest BCUT2D eigenvalue weighted by atomic mass is 10.1. The van der Waals surface area contributed by atoms with Crippen LogP contribution in [0.3, 0.4) is 0 Å². The summed E-state index contributed by atoms with van der Waals surface area (Å²) in [4.78, 5) is 30.3. The van der Waals surface area contributed by atoms with E-state index >= 15 is 0 Å². The van der Waals surface area contributed by atoms with E-state index in [-0.39, 0.29) is 30.5 Å². The van der Waals surface area contributed by atoms with E-state index in [1.165, 1.54) is 12.1 Å². The number of carbonyl (C=O) groups excluding carboxylic acids is 2. The van der Waals surface area contributed by atoms with E-state index in [0.717, 1.165) is 33.4 Å². The van der Waals surface area contributed by atoms with E-state index in [2.05, 4.69) is 10.3 Å². The van der Waals surface area contributed by atoms with Gasteiger partial charge in [-0.3, -0.25) is 9.59 Å². The Kier molecular flexibility index (Phi) is 6.54. The molecule has 5 nitrogen and oxygen atoms in total. The second kappa shape index (κ2) is 9.69. The molecule has 1 heterocycles. The second-order valence-electron chi connectivity index (χ2n) is 7.99. The predicted octanol–water partition coefficient (Wildman–Crippen LogP) is 5.39. The van der Waals surface area contributed by atoms with E-state index in [9.17, 15) is 14.0 Å². The number of anilines is 2. The van der Waals surface area contributed by atoms with Gasteiger partial charge in [-0.05, 0) is 67.4 Å². The van der Waals surface area contributed by atoms with Crippen LogP contribution in [0, 0.1) is 12.7 Å². The van der Waals surface area contributed by atoms with Crippen molar-refractivity contribution in [2.24, 2.45) is 0 Å². The van der Waals surface area contributed by atoms with E-state index in [1.807, 2.05) is 56.3 Å². The number of hydrogen-bond acceptors (Lipinski definition) is 2. The fourth-order valence-corrected chi connectivity index (χ4v) is 4.03. The van der Waals surface area contributed by atoms with Gasteiger partial charge in [-0.15, -0.1) is 0 Å². The zero-order valence-electron chi connectivity index (χ0n) is 18.7. The Labute approximate surface area is 192 Å². The molecular weight excluding hydrogens is 417 g/mol. The van der Waals surface area contributed by atoms with Gasteiger partial charge in [-0.2, -0.15) is 0 Å². The zero-order valence-corrected chi connectivity index (χ0v) is 18.7. The maximum atomic E-state index is 13.7. The Hall–Kier alpha value is -3.93. The van der Waals surface area contributed by atoms with Crippen molar-refractivity contribution in [1.29, 1.82) is 0 Å². The van der Waals surface area contributed by atoms with Crippen LogP contribution in [0.4, 0.5) is 15.8 Å². The lowest BCUT2D eigenvalue weighted by molar-refractivity contribution is -0.118. The number of nitrogens with one attached hydrogen (secondary N) is 2. The van der Waals surface area contributed by atoms with Gasteiger partial charge in [0.2, 0.25) is 11.8 Å². The SMILES string of the molecule is CCN(C(=O)Cc1ccc(NC(=O)Cc2c(C)[nH]c3ccc(F)cc23)cc1)c1ccccc1. The summed E-state index contributed by atoms with van der Waals surface area (Å²) in [5.41, 5.74) is 4.83. The first-order valence-corrected chi connectivity index (χ1v) is 11.0. The summed E-state index contributed by atoms with van der Waals surface area (Å²) in [7, 11) is 0. The summed E-state index contributed by atoms with van der Waals surface area (Å²) in [5, 5.41) is 3.60. The number of amides is 2. The highest BCUT2D eigenvalue weighted by Crippen LogP contribution is 2.24. The molecule has 2 N–H and O–H groups in total. The number of H-pyrrole nitrogens is 1. The number of aromatic amines is 1. The lowest BCUT2D eigenvalue weighted by Gasteiger charge is -2.21. The molecule has 33 heavy (non-hydrogen) atoms. The maximum absolute atomic E-state index is 13.7. The van der Waals surface area contributed by atoms with Crippen molar-refractivity contribution in [2.75, 3.05) is 16.8 Å². The van der Waals surface area contributed by atoms with Crippen LogP contribution in [0.1, 0.15) is 23.7 Å². The third kappa shape index (κ3) is 5.12. The van der Waals surface area contributed by atoms with Gasteiger partial charge in [0.05, 0.1) is 12.8 Å². The van der Waals surface area contributed by atoms with Gasteiger partial charge in [0, 0.05) is 34.5 Å². The van der Waals surface area contributed by atoms with Crippen LogP contribution >= 0.6 is 0 Å². The van der Waals surface area contributed by atoms with Gasteiger partial charge in [-0.25, -0.2) is 4.39 Å². The van der Waals surface area contributed by atoms with Gasteiger partial charge < -0.3 is 15.2 Å². The Morgan fingerprint density at radius 2 is 1.70 bits per heavy atom. The number of benzene rings is 3. The number of aromatic nitrogens is 1. The number of hydrogen-bond donors (Lipinski definition) is 2. The Balaban J connectivity index is 1.40. The Morgan fingerprint density at radius 3 is 2.39 bits per heavy atom. The van der Waals surface area contributed by atoms with Crippen LogP contribution in [0.2, 0.25) is 0 Å². The van der Waals surface area contributed by atoms with Crippen LogP contribution in [0.15, 0.2) is 72.8 Å². The van der Waals surface area contributed by atoms with Crippen LogP contribution in [0.5, 0.6) is 0 Å². The van der Waals surface area contributed by atoms with Gasteiger partial charge in [0.25, 0.3) is 0 Å². The number of likely N-dealkylation sites (N-methyl/N-ethyl adjacent to an activating group) is 1. The molecule has 0 atom stereocenters.